The van der Waals surface area contributed by atoms with Gasteiger partial charge < -0.3 is 14.6 Å². The Bertz CT molecular complexity index is 274. The molecule has 14 heavy (non-hydrogen) atoms. The SMILES string of the molecule is CC1O[C@@H](CO)[C@H](COS(C)(=O)=O)O1. The Hall–Kier alpha value is -0.210. The van der Waals surface area contributed by atoms with Crippen molar-refractivity contribution in [2.45, 2.75) is 25.4 Å². The molecule has 1 N–H and O–H groups in total. The van der Waals surface area contributed by atoms with Crippen molar-refractivity contribution in [1.82, 2.24) is 0 Å². The first kappa shape index (κ1) is 11.9. The van der Waals surface area contributed by atoms with E-state index in [9.17, 15) is 8.42 Å². The van der Waals surface area contributed by atoms with E-state index in [0.717, 1.165) is 6.26 Å². The molecule has 0 spiro atoms. The predicted octanol–water partition coefficient (Wildman–Crippen LogP) is -0.915. The zero-order chi connectivity index (χ0) is 10.8. The van der Waals surface area contributed by atoms with Gasteiger partial charge in [-0.05, 0) is 6.92 Å². The predicted molar refractivity (Wildman–Crippen MR) is 47.1 cm³/mol. The van der Waals surface area contributed by atoms with Crippen molar-refractivity contribution in [3.63, 3.8) is 0 Å². The molecule has 1 aliphatic heterocycles. The summed E-state index contributed by atoms with van der Waals surface area (Å²) in [7, 11) is -3.48. The van der Waals surface area contributed by atoms with Crippen molar-refractivity contribution in [2.75, 3.05) is 19.5 Å². The van der Waals surface area contributed by atoms with Crippen LogP contribution in [0.15, 0.2) is 0 Å². The Labute approximate surface area is 82.9 Å². The smallest absolute Gasteiger partial charge is 0.264 e. The quantitative estimate of drug-likeness (QED) is 0.625. The number of ether oxygens (including phenoxy) is 2. The highest BCUT2D eigenvalue weighted by Crippen LogP contribution is 2.19. The highest BCUT2D eigenvalue weighted by Gasteiger charge is 2.34. The van der Waals surface area contributed by atoms with Crippen molar-refractivity contribution in [3.05, 3.63) is 0 Å². The lowest BCUT2D eigenvalue weighted by Gasteiger charge is -2.13. The summed E-state index contributed by atoms with van der Waals surface area (Å²) in [6.07, 6.45) is -0.544. The average molecular weight is 226 g/mol. The van der Waals surface area contributed by atoms with Crippen LogP contribution >= 0.6 is 0 Å². The van der Waals surface area contributed by atoms with E-state index >= 15 is 0 Å². The summed E-state index contributed by atoms with van der Waals surface area (Å²) in [5, 5.41) is 8.87. The Morgan fingerprint density at radius 1 is 1.36 bits per heavy atom. The zero-order valence-corrected chi connectivity index (χ0v) is 8.86. The minimum atomic E-state index is -3.48. The third-order valence-corrected chi connectivity index (χ3v) is 2.34. The van der Waals surface area contributed by atoms with Crippen molar-refractivity contribution in [1.29, 1.82) is 0 Å². The van der Waals surface area contributed by atoms with Crippen LogP contribution in [-0.4, -0.2) is 51.5 Å². The van der Waals surface area contributed by atoms with Gasteiger partial charge in [-0.3, -0.25) is 4.18 Å². The lowest BCUT2D eigenvalue weighted by Crippen LogP contribution is -2.31. The minimum Gasteiger partial charge on any atom is -0.394 e. The number of rotatable bonds is 4. The molecule has 0 aromatic rings. The third-order valence-electron chi connectivity index (χ3n) is 1.77. The van der Waals surface area contributed by atoms with E-state index in [1.807, 2.05) is 0 Å². The lowest BCUT2D eigenvalue weighted by atomic mass is 10.2. The van der Waals surface area contributed by atoms with Crippen molar-refractivity contribution in [2.24, 2.45) is 0 Å². The molecule has 6 nitrogen and oxygen atoms in total. The molecular formula is C7H14O6S. The monoisotopic (exact) mass is 226 g/mol. The summed E-state index contributed by atoms with van der Waals surface area (Å²) in [6, 6.07) is 0. The first-order chi connectivity index (χ1) is 6.42. The maximum atomic E-state index is 10.7. The summed E-state index contributed by atoms with van der Waals surface area (Å²) >= 11 is 0. The first-order valence-corrected chi connectivity index (χ1v) is 6.00. The highest BCUT2D eigenvalue weighted by molar-refractivity contribution is 7.85. The molecule has 1 fully saturated rings. The molecule has 84 valence electrons. The maximum Gasteiger partial charge on any atom is 0.264 e. The molecule has 0 aliphatic carbocycles. The summed E-state index contributed by atoms with van der Waals surface area (Å²) in [5.41, 5.74) is 0. The van der Waals surface area contributed by atoms with Gasteiger partial charge in [-0.2, -0.15) is 8.42 Å². The number of hydrogen-bond donors (Lipinski definition) is 1. The molecule has 7 heteroatoms. The molecule has 1 unspecified atom stereocenters. The largest absolute Gasteiger partial charge is 0.394 e. The molecule has 3 atom stereocenters. The molecule has 0 aromatic carbocycles. The van der Waals surface area contributed by atoms with Gasteiger partial charge in [0.05, 0.1) is 19.5 Å². The minimum absolute atomic E-state index is 0.131. The van der Waals surface area contributed by atoms with Crippen molar-refractivity contribution < 1.29 is 27.2 Å². The molecule has 1 saturated heterocycles. The van der Waals surface area contributed by atoms with Gasteiger partial charge >= 0.3 is 0 Å². The second kappa shape index (κ2) is 4.54. The van der Waals surface area contributed by atoms with Crippen LogP contribution in [0, 0.1) is 0 Å². The molecule has 0 saturated carbocycles. The number of hydrogen-bond acceptors (Lipinski definition) is 6. The third kappa shape index (κ3) is 3.50. The molecule has 1 rings (SSSR count). The van der Waals surface area contributed by atoms with Gasteiger partial charge in [-0.15, -0.1) is 0 Å². The van der Waals surface area contributed by atoms with E-state index in [1.165, 1.54) is 0 Å². The Kier molecular flexibility index (Phi) is 3.85. The molecule has 0 bridgehead atoms. The van der Waals surface area contributed by atoms with E-state index in [4.69, 9.17) is 14.6 Å². The fraction of sp³-hybridized carbons (Fsp3) is 1.00. The van der Waals surface area contributed by atoms with Crippen molar-refractivity contribution in [3.8, 4) is 0 Å². The van der Waals surface area contributed by atoms with Crippen LogP contribution < -0.4 is 0 Å². The van der Waals surface area contributed by atoms with E-state index in [0.29, 0.717) is 0 Å². The highest BCUT2D eigenvalue weighted by atomic mass is 32.2. The van der Waals surface area contributed by atoms with E-state index < -0.39 is 28.6 Å². The zero-order valence-electron chi connectivity index (χ0n) is 8.04. The lowest BCUT2D eigenvalue weighted by molar-refractivity contribution is -0.0586. The summed E-state index contributed by atoms with van der Waals surface area (Å²) in [5.74, 6) is 0. The van der Waals surface area contributed by atoms with E-state index in [2.05, 4.69) is 4.18 Å². The van der Waals surface area contributed by atoms with Crippen LogP contribution in [0.1, 0.15) is 6.92 Å². The average Bonchev–Trinajstić information content (AvgIpc) is 2.41. The second-order valence-corrected chi connectivity index (χ2v) is 4.73. The van der Waals surface area contributed by atoms with Crippen LogP contribution in [0.4, 0.5) is 0 Å². The molecular weight excluding hydrogens is 212 g/mol. The maximum absolute atomic E-state index is 10.7. The van der Waals surface area contributed by atoms with E-state index in [1.54, 1.807) is 6.92 Å². The van der Waals surface area contributed by atoms with Gasteiger partial charge in [-0.25, -0.2) is 0 Å². The number of aliphatic hydroxyl groups excluding tert-OH is 1. The Balaban J connectivity index is 2.44. The van der Waals surface area contributed by atoms with E-state index in [-0.39, 0.29) is 13.2 Å². The van der Waals surface area contributed by atoms with Gasteiger partial charge in [0.1, 0.15) is 12.2 Å². The second-order valence-electron chi connectivity index (χ2n) is 3.09. The van der Waals surface area contributed by atoms with Crippen LogP contribution in [0.3, 0.4) is 0 Å². The summed E-state index contributed by atoms with van der Waals surface area (Å²) < 4.78 is 36.2. The molecule has 0 aromatic heterocycles. The van der Waals surface area contributed by atoms with Crippen LogP contribution in [0.25, 0.3) is 0 Å². The standard InChI is InChI=1S/C7H14O6S/c1-5-12-6(3-8)7(13-5)4-11-14(2,9)10/h5-8H,3-4H2,1-2H3/t5?,6-,7-/m0/s1. The Morgan fingerprint density at radius 3 is 2.43 bits per heavy atom. The van der Waals surface area contributed by atoms with Crippen LogP contribution in [0.2, 0.25) is 0 Å². The summed E-state index contributed by atoms with van der Waals surface area (Å²) in [4.78, 5) is 0. The summed E-state index contributed by atoms with van der Waals surface area (Å²) in [6.45, 7) is 1.32. The van der Waals surface area contributed by atoms with Gasteiger partial charge in [-0.1, -0.05) is 0 Å². The topological polar surface area (TPSA) is 82.1 Å². The number of aliphatic hydroxyl groups is 1. The first-order valence-electron chi connectivity index (χ1n) is 4.18. The molecule has 0 amide bonds. The van der Waals surface area contributed by atoms with Gasteiger partial charge in [0.2, 0.25) is 0 Å². The van der Waals surface area contributed by atoms with Gasteiger partial charge in [0.25, 0.3) is 10.1 Å². The molecule has 1 aliphatic rings. The normalized spacial score (nSPS) is 33.5. The fourth-order valence-corrected chi connectivity index (χ4v) is 1.58. The van der Waals surface area contributed by atoms with Gasteiger partial charge in [0, 0.05) is 0 Å². The fourth-order valence-electron chi connectivity index (χ4n) is 1.20. The van der Waals surface area contributed by atoms with Crippen LogP contribution in [-0.2, 0) is 23.8 Å². The molecule has 0 radical (unpaired) electrons. The Morgan fingerprint density at radius 2 is 1.93 bits per heavy atom. The molecule has 1 heterocycles. The van der Waals surface area contributed by atoms with Crippen LogP contribution in [0.5, 0.6) is 0 Å². The van der Waals surface area contributed by atoms with Crippen molar-refractivity contribution >= 4 is 10.1 Å². The van der Waals surface area contributed by atoms with Gasteiger partial charge in [0.15, 0.2) is 6.29 Å².